The maximum absolute atomic E-state index is 14.5. The van der Waals surface area contributed by atoms with Crippen molar-refractivity contribution in [2.75, 3.05) is 11.0 Å². The molecule has 0 amide bonds. The summed E-state index contributed by atoms with van der Waals surface area (Å²) in [7, 11) is -1.82. The summed E-state index contributed by atoms with van der Waals surface area (Å²) in [4.78, 5) is 4.25. The van der Waals surface area contributed by atoms with Crippen molar-refractivity contribution in [3.05, 3.63) is 78.9 Å². The average Bonchev–Trinajstić information content (AvgIpc) is 3.38. The smallest absolute Gasteiger partial charge is 0.229 e. The van der Waals surface area contributed by atoms with Crippen LogP contribution in [0.4, 0.5) is 14.5 Å². The van der Waals surface area contributed by atoms with Crippen molar-refractivity contribution in [2.45, 2.75) is 0 Å². The molecule has 3 heterocycles. The first-order valence-electron chi connectivity index (χ1n) is 10.1. The summed E-state index contributed by atoms with van der Waals surface area (Å²) in [6.45, 7) is 0. The van der Waals surface area contributed by atoms with Gasteiger partial charge in [-0.1, -0.05) is 0 Å². The fourth-order valence-corrected chi connectivity index (χ4v) is 4.29. The average molecular weight is 481 g/mol. The molecule has 0 aliphatic rings. The monoisotopic (exact) mass is 480 g/mol. The first-order valence-corrected chi connectivity index (χ1v) is 12.0. The van der Waals surface area contributed by atoms with Crippen molar-refractivity contribution in [3.63, 3.8) is 0 Å². The predicted octanol–water partition coefficient (Wildman–Crippen LogP) is 4.11. The fraction of sp³-hybridized carbons (Fsp3) is 0.0870. The van der Waals surface area contributed by atoms with Crippen molar-refractivity contribution in [1.82, 2.24) is 24.4 Å². The Bertz CT molecular complexity index is 1660. The molecule has 5 aromatic rings. The zero-order valence-corrected chi connectivity index (χ0v) is 18.9. The minimum atomic E-state index is -3.60. The molecule has 0 bridgehead atoms. The summed E-state index contributed by atoms with van der Waals surface area (Å²) in [6, 6.07) is 11.8. The van der Waals surface area contributed by atoms with Crippen LogP contribution in [-0.4, -0.2) is 39.1 Å². The summed E-state index contributed by atoms with van der Waals surface area (Å²) in [5.41, 5.74) is 3.57. The lowest BCUT2D eigenvalue weighted by Gasteiger charge is -2.12. The van der Waals surface area contributed by atoms with E-state index in [4.69, 9.17) is 0 Å². The first-order chi connectivity index (χ1) is 16.2. The molecule has 0 radical (unpaired) electrons. The molecular weight excluding hydrogens is 462 g/mol. The third-order valence-corrected chi connectivity index (χ3v) is 5.77. The third-order valence-electron chi connectivity index (χ3n) is 5.16. The second kappa shape index (κ2) is 8.03. The summed E-state index contributed by atoms with van der Waals surface area (Å²) in [5.74, 6) is -0.905. The van der Waals surface area contributed by atoms with E-state index in [1.165, 1.54) is 12.1 Å². The van der Waals surface area contributed by atoms with Gasteiger partial charge in [0.15, 0.2) is 5.82 Å². The SMILES string of the molecule is Cn1cnc(-c2ccc3c(-c4cc(NS(C)(=O)=O)cc(-c5ccc(F)cc5F)c4)cnn3c2)n1. The molecule has 1 N–H and O–H groups in total. The number of anilines is 1. The van der Waals surface area contributed by atoms with Crippen LogP contribution in [0.5, 0.6) is 0 Å². The van der Waals surface area contributed by atoms with Gasteiger partial charge in [0.1, 0.15) is 18.0 Å². The molecule has 0 fully saturated rings. The van der Waals surface area contributed by atoms with Crippen molar-refractivity contribution < 1.29 is 17.2 Å². The number of benzene rings is 2. The van der Waals surface area contributed by atoms with Gasteiger partial charge in [-0.2, -0.15) is 10.2 Å². The highest BCUT2D eigenvalue weighted by molar-refractivity contribution is 7.92. The van der Waals surface area contributed by atoms with Crippen LogP contribution in [0, 0.1) is 11.6 Å². The van der Waals surface area contributed by atoms with Gasteiger partial charge in [-0.3, -0.25) is 9.40 Å². The van der Waals surface area contributed by atoms with E-state index in [9.17, 15) is 17.2 Å². The molecule has 34 heavy (non-hydrogen) atoms. The number of aromatic nitrogens is 5. The molecule has 172 valence electrons. The van der Waals surface area contributed by atoms with E-state index in [0.29, 0.717) is 22.5 Å². The topological polar surface area (TPSA) is 94.2 Å². The maximum atomic E-state index is 14.5. The van der Waals surface area contributed by atoms with Gasteiger partial charge in [-0.05, 0) is 53.6 Å². The van der Waals surface area contributed by atoms with E-state index >= 15 is 0 Å². The number of nitrogens with zero attached hydrogens (tertiary/aromatic N) is 5. The van der Waals surface area contributed by atoms with Crippen molar-refractivity contribution >= 4 is 21.2 Å². The van der Waals surface area contributed by atoms with Gasteiger partial charge in [-0.15, -0.1) is 0 Å². The maximum Gasteiger partial charge on any atom is 0.229 e. The molecule has 0 saturated heterocycles. The highest BCUT2D eigenvalue weighted by Crippen LogP contribution is 2.34. The van der Waals surface area contributed by atoms with Crippen LogP contribution in [0.25, 0.3) is 39.2 Å². The molecule has 11 heteroatoms. The van der Waals surface area contributed by atoms with Crippen molar-refractivity contribution in [2.24, 2.45) is 7.05 Å². The molecule has 0 aliphatic heterocycles. The number of fused-ring (bicyclic) bond motifs is 1. The number of aryl methyl sites for hydroxylation is 1. The van der Waals surface area contributed by atoms with E-state index in [0.717, 1.165) is 29.5 Å². The van der Waals surface area contributed by atoms with Gasteiger partial charge in [-0.25, -0.2) is 26.7 Å². The summed E-state index contributed by atoms with van der Waals surface area (Å²) >= 11 is 0. The van der Waals surface area contributed by atoms with E-state index in [1.807, 2.05) is 12.1 Å². The van der Waals surface area contributed by atoms with Gasteiger partial charge < -0.3 is 0 Å². The standard InChI is InChI=1S/C23H18F2N6O2S/c1-30-13-26-23(28-30)14-3-6-22-20(11-27-31(22)12-14)16-7-15(8-18(9-16)29-34(2,32)33)19-5-4-17(24)10-21(19)25/h3-13,29H,1-2H3. The van der Waals surface area contributed by atoms with Gasteiger partial charge in [0.2, 0.25) is 10.0 Å². The molecule has 0 spiro atoms. The van der Waals surface area contributed by atoms with Crippen molar-refractivity contribution in [1.29, 1.82) is 0 Å². The van der Waals surface area contributed by atoms with E-state index in [-0.39, 0.29) is 11.3 Å². The van der Waals surface area contributed by atoms with Crippen LogP contribution in [-0.2, 0) is 17.1 Å². The summed E-state index contributed by atoms with van der Waals surface area (Å²) < 4.78 is 57.4. The number of rotatable bonds is 5. The van der Waals surface area contributed by atoms with Gasteiger partial charge in [0.25, 0.3) is 0 Å². The number of hydrogen-bond donors (Lipinski definition) is 1. The normalized spacial score (nSPS) is 11.8. The van der Waals surface area contributed by atoms with Crippen LogP contribution in [0.15, 0.2) is 67.3 Å². The number of pyridine rings is 1. The Labute approximate surface area is 193 Å². The minimum absolute atomic E-state index is 0.139. The number of nitrogens with one attached hydrogen (secondary N) is 1. The Kier molecular flexibility index (Phi) is 5.13. The summed E-state index contributed by atoms with van der Waals surface area (Å²) in [6.07, 6.45) is 6.05. The van der Waals surface area contributed by atoms with Crippen LogP contribution in [0.1, 0.15) is 0 Å². The predicted molar refractivity (Wildman–Crippen MR) is 124 cm³/mol. The second-order valence-electron chi connectivity index (χ2n) is 7.85. The van der Waals surface area contributed by atoms with Crippen LogP contribution < -0.4 is 4.72 Å². The molecular formula is C23H18F2N6O2S. The quantitative estimate of drug-likeness (QED) is 0.409. The Morgan fingerprint density at radius 1 is 0.941 bits per heavy atom. The van der Waals surface area contributed by atoms with E-state index < -0.39 is 21.7 Å². The van der Waals surface area contributed by atoms with Crippen LogP contribution >= 0.6 is 0 Å². The second-order valence-corrected chi connectivity index (χ2v) is 9.59. The molecule has 5 rings (SSSR count). The lowest BCUT2D eigenvalue weighted by atomic mass is 9.98. The highest BCUT2D eigenvalue weighted by Gasteiger charge is 2.15. The molecule has 0 saturated carbocycles. The molecule has 3 aromatic heterocycles. The van der Waals surface area contributed by atoms with E-state index in [1.54, 1.807) is 47.1 Å². The lowest BCUT2D eigenvalue weighted by Crippen LogP contribution is -2.09. The number of hydrogen-bond acceptors (Lipinski definition) is 5. The molecule has 0 aliphatic carbocycles. The van der Waals surface area contributed by atoms with Gasteiger partial charge in [0, 0.05) is 41.7 Å². The summed E-state index contributed by atoms with van der Waals surface area (Å²) in [5, 5.41) is 8.71. The van der Waals surface area contributed by atoms with Crippen molar-refractivity contribution in [3.8, 4) is 33.6 Å². The Morgan fingerprint density at radius 2 is 1.71 bits per heavy atom. The lowest BCUT2D eigenvalue weighted by molar-refractivity contribution is 0.585. The molecule has 0 unspecified atom stereocenters. The molecule has 0 atom stereocenters. The highest BCUT2D eigenvalue weighted by atomic mass is 32.2. The molecule has 8 nitrogen and oxygen atoms in total. The Morgan fingerprint density at radius 3 is 2.38 bits per heavy atom. The van der Waals surface area contributed by atoms with Gasteiger partial charge in [0.05, 0.1) is 18.0 Å². The number of sulfonamides is 1. The Hall–Kier alpha value is -4.12. The first kappa shape index (κ1) is 21.7. The largest absolute Gasteiger partial charge is 0.284 e. The Balaban J connectivity index is 1.65. The molecule has 2 aromatic carbocycles. The van der Waals surface area contributed by atoms with Gasteiger partial charge >= 0.3 is 0 Å². The third kappa shape index (κ3) is 4.25. The zero-order valence-electron chi connectivity index (χ0n) is 18.1. The van der Waals surface area contributed by atoms with Crippen LogP contribution in [0.3, 0.4) is 0 Å². The minimum Gasteiger partial charge on any atom is -0.284 e. The fourth-order valence-electron chi connectivity index (χ4n) is 3.75. The van der Waals surface area contributed by atoms with Crippen LogP contribution in [0.2, 0.25) is 0 Å². The van der Waals surface area contributed by atoms with E-state index in [2.05, 4.69) is 19.9 Å². The zero-order chi connectivity index (χ0) is 24.0. The number of halogens is 2.